The molecular formula is C17H25NO3. The van der Waals surface area contributed by atoms with E-state index in [0.29, 0.717) is 6.54 Å². The third-order valence-corrected chi connectivity index (χ3v) is 3.85. The number of amides is 1. The van der Waals surface area contributed by atoms with Crippen molar-refractivity contribution in [3.8, 4) is 5.75 Å². The summed E-state index contributed by atoms with van der Waals surface area (Å²) in [7, 11) is 0. The van der Waals surface area contributed by atoms with Crippen LogP contribution in [0.1, 0.15) is 45.6 Å². The first-order chi connectivity index (χ1) is 10.1. The zero-order chi connectivity index (χ0) is 15.4. The molecule has 0 bridgehead atoms. The van der Waals surface area contributed by atoms with Crippen molar-refractivity contribution in [2.24, 2.45) is 5.92 Å². The molecule has 21 heavy (non-hydrogen) atoms. The second-order valence-electron chi connectivity index (χ2n) is 5.94. The molecule has 1 heterocycles. The normalized spacial score (nSPS) is 17.9. The minimum absolute atomic E-state index is 0.0299. The van der Waals surface area contributed by atoms with Crippen LogP contribution in [-0.4, -0.2) is 23.7 Å². The van der Waals surface area contributed by atoms with Crippen molar-refractivity contribution in [3.05, 3.63) is 23.8 Å². The third-order valence-electron chi connectivity index (χ3n) is 3.85. The molecule has 1 aliphatic heterocycles. The standard InChI is InChI=1S/C17H25NO3/c1-4-5-6-9-18-14-10-13(11-19)7-8-15(14)21-16(12(2)3)17(18)20/h7-8,10,12,16,19H,4-6,9,11H2,1-3H3. The molecule has 0 aromatic heterocycles. The van der Waals surface area contributed by atoms with E-state index in [1.54, 1.807) is 0 Å². The van der Waals surface area contributed by atoms with Crippen molar-refractivity contribution in [1.29, 1.82) is 0 Å². The molecule has 1 aromatic rings. The Balaban J connectivity index is 2.32. The van der Waals surface area contributed by atoms with Crippen molar-refractivity contribution < 1.29 is 14.6 Å². The van der Waals surface area contributed by atoms with Crippen molar-refractivity contribution in [2.75, 3.05) is 11.4 Å². The molecule has 1 amide bonds. The largest absolute Gasteiger partial charge is 0.478 e. The number of fused-ring (bicyclic) bond motifs is 1. The number of rotatable bonds is 6. The van der Waals surface area contributed by atoms with Crippen LogP contribution in [0, 0.1) is 5.92 Å². The van der Waals surface area contributed by atoms with Gasteiger partial charge in [0.2, 0.25) is 0 Å². The Morgan fingerprint density at radius 3 is 2.71 bits per heavy atom. The topological polar surface area (TPSA) is 49.8 Å². The lowest BCUT2D eigenvalue weighted by Gasteiger charge is -2.36. The van der Waals surface area contributed by atoms with Gasteiger partial charge in [-0.3, -0.25) is 4.79 Å². The fourth-order valence-corrected chi connectivity index (χ4v) is 2.60. The molecule has 0 aliphatic carbocycles. The maximum atomic E-state index is 12.7. The molecule has 2 rings (SSSR count). The summed E-state index contributed by atoms with van der Waals surface area (Å²) in [6.07, 6.45) is 2.79. The number of ether oxygens (including phenoxy) is 1. The molecule has 0 radical (unpaired) electrons. The maximum Gasteiger partial charge on any atom is 0.268 e. The lowest BCUT2D eigenvalue weighted by atomic mass is 10.0. The van der Waals surface area contributed by atoms with Gasteiger partial charge in [-0.15, -0.1) is 0 Å². The number of hydrogen-bond acceptors (Lipinski definition) is 3. The van der Waals surface area contributed by atoms with Crippen LogP contribution in [0.15, 0.2) is 18.2 Å². The quantitative estimate of drug-likeness (QED) is 0.819. The predicted molar refractivity (Wildman–Crippen MR) is 83.5 cm³/mol. The average molecular weight is 291 g/mol. The summed E-state index contributed by atoms with van der Waals surface area (Å²) in [6, 6.07) is 5.56. The first-order valence-electron chi connectivity index (χ1n) is 7.80. The third kappa shape index (κ3) is 3.38. The minimum Gasteiger partial charge on any atom is -0.478 e. The summed E-state index contributed by atoms with van der Waals surface area (Å²) in [5.41, 5.74) is 1.59. The smallest absolute Gasteiger partial charge is 0.268 e. The highest BCUT2D eigenvalue weighted by Gasteiger charge is 2.35. The van der Waals surface area contributed by atoms with Gasteiger partial charge in [0.15, 0.2) is 6.10 Å². The number of nitrogens with zero attached hydrogens (tertiary/aromatic N) is 1. The molecule has 1 unspecified atom stereocenters. The van der Waals surface area contributed by atoms with Gasteiger partial charge in [0.1, 0.15) is 5.75 Å². The van der Waals surface area contributed by atoms with Crippen molar-refractivity contribution in [1.82, 2.24) is 0 Å². The maximum absolute atomic E-state index is 12.7. The molecule has 4 heteroatoms. The van der Waals surface area contributed by atoms with E-state index in [4.69, 9.17) is 4.74 Å². The molecule has 1 atom stereocenters. The highest BCUT2D eigenvalue weighted by Crippen LogP contribution is 2.36. The van der Waals surface area contributed by atoms with E-state index in [1.165, 1.54) is 0 Å². The minimum atomic E-state index is -0.417. The first-order valence-corrected chi connectivity index (χ1v) is 7.80. The van der Waals surface area contributed by atoms with Gasteiger partial charge in [0.25, 0.3) is 5.91 Å². The summed E-state index contributed by atoms with van der Waals surface area (Å²) < 4.78 is 5.87. The number of aliphatic hydroxyl groups is 1. The molecule has 116 valence electrons. The first kappa shape index (κ1) is 15.8. The molecule has 1 aromatic carbocycles. The highest BCUT2D eigenvalue weighted by molar-refractivity contribution is 6.00. The highest BCUT2D eigenvalue weighted by atomic mass is 16.5. The number of hydrogen-bond donors (Lipinski definition) is 1. The number of carbonyl (C=O) groups is 1. The molecule has 0 saturated carbocycles. The lowest BCUT2D eigenvalue weighted by Crippen LogP contribution is -2.48. The van der Waals surface area contributed by atoms with Crippen LogP contribution in [0.25, 0.3) is 0 Å². The number of carbonyl (C=O) groups excluding carboxylic acids is 1. The zero-order valence-corrected chi connectivity index (χ0v) is 13.1. The van der Waals surface area contributed by atoms with Gasteiger partial charge in [-0.05, 0) is 30.0 Å². The molecule has 1 N–H and O–H groups in total. The molecule has 4 nitrogen and oxygen atoms in total. The summed E-state index contributed by atoms with van der Waals surface area (Å²) in [6.45, 7) is 6.83. The molecule has 0 saturated heterocycles. The monoisotopic (exact) mass is 291 g/mol. The van der Waals surface area contributed by atoms with Gasteiger partial charge in [0, 0.05) is 6.54 Å². The van der Waals surface area contributed by atoms with E-state index in [2.05, 4.69) is 6.92 Å². The number of anilines is 1. The second kappa shape index (κ2) is 6.94. The average Bonchev–Trinajstić information content (AvgIpc) is 2.48. The summed E-state index contributed by atoms with van der Waals surface area (Å²) in [5.74, 6) is 0.905. The Bertz CT molecular complexity index is 499. The molecular weight excluding hydrogens is 266 g/mol. The van der Waals surface area contributed by atoms with Crippen molar-refractivity contribution in [3.63, 3.8) is 0 Å². The van der Waals surface area contributed by atoms with Gasteiger partial charge in [-0.25, -0.2) is 0 Å². The number of benzene rings is 1. The predicted octanol–water partition coefficient (Wildman–Crippen LogP) is 3.12. The van der Waals surface area contributed by atoms with Crippen LogP contribution in [0.3, 0.4) is 0 Å². The van der Waals surface area contributed by atoms with E-state index in [0.717, 1.165) is 36.3 Å². The summed E-state index contributed by atoms with van der Waals surface area (Å²) >= 11 is 0. The fraction of sp³-hybridized carbons (Fsp3) is 0.588. The Labute approximate surface area is 126 Å². The number of unbranched alkanes of at least 4 members (excludes halogenated alkanes) is 2. The van der Waals surface area contributed by atoms with Gasteiger partial charge in [0.05, 0.1) is 12.3 Å². The van der Waals surface area contributed by atoms with Crippen LogP contribution in [0.2, 0.25) is 0 Å². The Kier molecular flexibility index (Phi) is 5.23. The van der Waals surface area contributed by atoms with E-state index in [9.17, 15) is 9.90 Å². The Morgan fingerprint density at radius 1 is 1.33 bits per heavy atom. The van der Waals surface area contributed by atoms with Gasteiger partial charge < -0.3 is 14.7 Å². The van der Waals surface area contributed by atoms with Gasteiger partial charge in [-0.2, -0.15) is 0 Å². The van der Waals surface area contributed by atoms with Gasteiger partial charge >= 0.3 is 0 Å². The molecule has 1 aliphatic rings. The summed E-state index contributed by atoms with van der Waals surface area (Å²) in [5, 5.41) is 9.30. The second-order valence-corrected chi connectivity index (χ2v) is 5.94. The zero-order valence-electron chi connectivity index (χ0n) is 13.1. The van der Waals surface area contributed by atoms with Crippen LogP contribution in [0.4, 0.5) is 5.69 Å². The SMILES string of the molecule is CCCCCN1C(=O)C(C(C)C)Oc2ccc(CO)cc21. The number of aliphatic hydroxyl groups excluding tert-OH is 1. The van der Waals surface area contributed by atoms with E-state index < -0.39 is 6.10 Å². The molecule has 0 fully saturated rings. The van der Waals surface area contributed by atoms with Crippen LogP contribution < -0.4 is 9.64 Å². The van der Waals surface area contributed by atoms with Gasteiger partial charge in [-0.1, -0.05) is 39.7 Å². The summed E-state index contributed by atoms with van der Waals surface area (Å²) in [4.78, 5) is 14.5. The van der Waals surface area contributed by atoms with E-state index in [1.807, 2.05) is 36.9 Å². The van der Waals surface area contributed by atoms with Crippen molar-refractivity contribution >= 4 is 11.6 Å². The lowest BCUT2D eigenvalue weighted by molar-refractivity contribution is -0.128. The van der Waals surface area contributed by atoms with Crippen LogP contribution in [0.5, 0.6) is 5.75 Å². The van der Waals surface area contributed by atoms with E-state index >= 15 is 0 Å². The van der Waals surface area contributed by atoms with Crippen LogP contribution in [-0.2, 0) is 11.4 Å². The Hall–Kier alpha value is -1.55. The molecule has 0 spiro atoms. The van der Waals surface area contributed by atoms with E-state index in [-0.39, 0.29) is 18.4 Å². The fourth-order valence-electron chi connectivity index (χ4n) is 2.60. The van der Waals surface area contributed by atoms with Crippen molar-refractivity contribution in [2.45, 2.75) is 52.7 Å². The van der Waals surface area contributed by atoms with Crippen LogP contribution >= 0.6 is 0 Å². The Morgan fingerprint density at radius 2 is 2.10 bits per heavy atom.